The number of carbonyl (C=O) groups is 1. The van der Waals surface area contributed by atoms with E-state index in [2.05, 4.69) is 22.1 Å². The highest BCUT2D eigenvalue weighted by Crippen LogP contribution is 2.04. The number of aryl methyl sites for hydroxylation is 1. The number of pyridine rings is 1. The maximum absolute atomic E-state index is 11.7. The molecule has 0 bridgehead atoms. The van der Waals surface area contributed by atoms with E-state index in [1.165, 1.54) is 12.8 Å². The standard InChI is InChI=1S/C14H23N3O/c1-4-5-9-17(3)10-8-14(18)16-13-7-6-12(2)11-15-13/h6-7,11H,4-5,8-10H2,1-3H3,(H,15,16,18). The smallest absolute Gasteiger partial charge is 0.226 e. The molecular weight excluding hydrogens is 226 g/mol. The third-order valence-corrected chi connectivity index (χ3v) is 2.79. The highest BCUT2D eigenvalue weighted by molar-refractivity contribution is 5.89. The quantitative estimate of drug-likeness (QED) is 0.807. The molecule has 0 aliphatic rings. The van der Waals surface area contributed by atoms with Crippen molar-refractivity contribution >= 4 is 11.7 Å². The Morgan fingerprint density at radius 3 is 2.78 bits per heavy atom. The van der Waals surface area contributed by atoms with E-state index in [0.717, 1.165) is 18.7 Å². The Morgan fingerprint density at radius 2 is 2.17 bits per heavy atom. The van der Waals surface area contributed by atoms with E-state index in [4.69, 9.17) is 0 Å². The lowest BCUT2D eigenvalue weighted by Gasteiger charge is -2.15. The molecule has 0 saturated heterocycles. The Bertz CT molecular complexity index is 362. The van der Waals surface area contributed by atoms with Crippen LogP contribution >= 0.6 is 0 Å². The first kappa shape index (κ1) is 14.6. The van der Waals surface area contributed by atoms with Crippen molar-refractivity contribution in [1.82, 2.24) is 9.88 Å². The molecule has 1 N–H and O–H groups in total. The summed E-state index contributed by atoms with van der Waals surface area (Å²) in [5.74, 6) is 0.650. The normalized spacial score (nSPS) is 10.7. The summed E-state index contributed by atoms with van der Waals surface area (Å²) >= 11 is 0. The molecule has 1 aromatic rings. The van der Waals surface area contributed by atoms with Gasteiger partial charge in [0.05, 0.1) is 0 Å². The van der Waals surface area contributed by atoms with Crippen molar-refractivity contribution in [2.45, 2.75) is 33.1 Å². The van der Waals surface area contributed by atoms with Gasteiger partial charge in [-0.3, -0.25) is 4.79 Å². The Morgan fingerprint density at radius 1 is 1.39 bits per heavy atom. The fourth-order valence-electron chi connectivity index (χ4n) is 1.58. The zero-order chi connectivity index (χ0) is 13.4. The first-order valence-electron chi connectivity index (χ1n) is 6.53. The van der Waals surface area contributed by atoms with Crippen LogP contribution in [0, 0.1) is 6.92 Å². The largest absolute Gasteiger partial charge is 0.311 e. The Labute approximate surface area is 109 Å². The minimum Gasteiger partial charge on any atom is -0.311 e. The van der Waals surface area contributed by atoms with Crippen LogP contribution in [0.2, 0.25) is 0 Å². The molecule has 1 heterocycles. The number of rotatable bonds is 7. The molecule has 0 saturated carbocycles. The van der Waals surface area contributed by atoms with Gasteiger partial charge in [0.1, 0.15) is 5.82 Å². The van der Waals surface area contributed by atoms with Gasteiger partial charge in [-0.1, -0.05) is 19.4 Å². The fraction of sp³-hybridized carbons (Fsp3) is 0.571. The average Bonchev–Trinajstić information content (AvgIpc) is 2.36. The SMILES string of the molecule is CCCCN(C)CCC(=O)Nc1ccc(C)cn1. The minimum atomic E-state index is 0.0229. The van der Waals surface area contributed by atoms with Gasteiger partial charge in [-0.05, 0) is 38.6 Å². The van der Waals surface area contributed by atoms with E-state index >= 15 is 0 Å². The predicted octanol–water partition coefficient (Wildman–Crippen LogP) is 2.45. The van der Waals surface area contributed by atoms with Crippen molar-refractivity contribution in [1.29, 1.82) is 0 Å². The highest BCUT2D eigenvalue weighted by atomic mass is 16.1. The van der Waals surface area contributed by atoms with E-state index in [0.29, 0.717) is 12.2 Å². The Kier molecular flexibility index (Phi) is 6.36. The van der Waals surface area contributed by atoms with Crippen LogP contribution in [0.4, 0.5) is 5.82 Å². The third-order valence-electron chi connectivity index (χ3n) is 2.79. The summed E-state index contributed by atoms with van der Waals surface area (Å²) in [6.07, 6.45) is 4.63. The molecule has 4 nitrogen and oxygen atoms in total. The van der Waals surface area contributed by atoms with Crippen LogP contribution in [0.25, 0.3) is 0 Å². The predicted molar refractivity (Wildman–Crippen MR) is 74.6 cm³/mol. The molecule has 0 spiro atoms. The van der Waals surface area contributed by atoms with Crippen molar-refractivity contribution in [3.8, 4) is 0 Å². The molecule has 0 atom stereocenters. The number of nitrogens with zero attached hydrogens (tertiary/aromatic N) is 2. The highest BCUT2D eigenvalue weighted by Gasteiger charge is 2.05. The number of aromatic nitrogens is 1. The Hall–Kier alpha value is -1.42. The lowest BCUT2D eigenvalue weighted by molar-refractivity contribution is -0.116. The van der Waals surface area contributed by atoms with Gasteiger partial charge < -0.3 is 10.2 Å². The number of hydrogen-bond donors (Lipinski definition) is 1. The average molecular weight is 249 g/mol. The minimum absolute atomic E-state index is 0.0229. The topological polar surface area (TPSA) is 45.2 Å². The molecule has 1 amide bonds. The maximum Gasteiger partial charge on any atom is 0.226 e. The zero-order valence-corrected chi connectivity index (χ0v) is 11.6. The molecule has 4 heteroatoms. The second-order valence-corrected chi connectivity index (χ2v) is 4.68. The van der Waals surface area contributed by atoms with Crippen molar-refractivity contribution in [3.63, 3.8) is 0 Å². The molecule has 18 heavy (non-hydrogen) atoms. The monoisotopic (exact) mass is 249 g/mol. The molecule has 0 aliphatic carbocycles. The third kappa shape index (κ3) is 5.77. The van der Waals surface area contributed by atoms with Crippen molar-refractivity contribution in [2.75, 3.05) is 25.5 Å². The number of amides is 1. The van der Waals surface area contributed by atoms with E-state index in [9.17, 15) is 4.79 Å². The van der Waals surface area contributed by atoms with Gasteiger partial charge in [0.25, 0.3) is 0 Å². The lowest BCUT2D eigenvalue weighted by Crippen LogP contribution is -2.25. The van der Waals surface area contributed by atoms with Gasteiger partial charge in [0, 0.05) is 19.2 Å². The maximum atomic E-state index is 11.7. The number of anilines is 1. The summed E-state index contributed by atoms with van der Waals surface area (Å²) < 4.78 is 0. The number of nitrogens with one attached hydrogen (secondary N) is 1. The van der Waals surface area contributed by atoms with E-state index in [1.54, 1.807) is 6.20 Å². The first-order valence-corrected chi connectivity index (χ1v) is 6.53. The summed E-state index contributed by atoms with van der Waals surface area (Å²) in [5.41, 5.74) is 1.09. The summed E-state index contributed by atoms with van der Waals surface area (Å²) in [7, 11) is 2.05. The summed E-state index contributed by atoms with van der Waals surface area (Å²) in [6.45, 7) is 5.98. The molecule has 0 radical (unpaired) electrons. The number of unbranched alkanes of at least 4 members (excludes halogenated alkanes) is 1. The summed E-state index contributed by atoms with van der Waals surface area (Å²) in [6, 6.07) is 3.77. The molecule has 0 unspecified atom stereocenters. The van der Waals surface area contributed by atoms with Crippen LogP contribution in [0.1, 0.15) is 31.7 Å². The molecule has 0 aromatic carbocycles. The van der Waals surface area contributed by atoms with Gasteiger partial charge >= 0.3 is 0 Å². The van der Waals surface area contributed by atoms with Crippen LogP contribution in [-0.2, 0) is 4.79 Å². The van der Waals surface area contributed by atoms with Crippen molar-refractivity contribution < 1.29 is 4.79 Å². The van der Waals surface area contributed by atoms with Gasteiger partial charge in [-0.2, -0.15) is 0 Å². The van der Waals surface area contributed by atoms with E-state index in [1.807, 2.05) is 26.1 Å². The van der Waals surface area contributed by atoms with Crippen LogP contribution < -0.4 is 5.32 Å². The second kappa shape index (κ2) is 7.82. The number of carbonyl (C=O) groups excluding carboxylic acids is 1. The molecule has 100 valence electrons. The van der Waals surface area contributed by atoms with Crippen molar-refractivity contribution in [2.24, 2.45) is 0 Å². The lowest BCUT2D eigenvalue weighted by atomic mass is 10.3. The number of hydrogen-bond acceptors (Lipinski definition) is 3. The van der Waals surface area contributed by atoms with E-state index in [-0.39, 0.29) is 5.91 Å². The summed E-state index contributed by atoms with van der Waals surface area (Å²) in [5, 5.41) is 2.80. The van der Waals surface area contributed by atoms with Crippen LogP contribution in [0.5, 0.6) is 0 Å². The molecule has 1 aromatic heterocycles. The van der Waals surface area contributed by atoms with Crippen LogP contribution in [-0.4, -0.2) is 35.9 Å². The molecule has 1 rings (SSSR count). The second-order valence-electron chi connectivity index (χ2n) is 4.68. The van der Waals surface area contributed by atoms with Gasteiger partial charge in [0.15, 0.2) is 0 Å². The summed E-state index contributed by atoms with van der Waals surface area (Å²) in [4.78, 5) is 18.0. The van der Waals surface area contributed by atoms with Crippen LogP contribution in [0.3, 0.4) is 0 Å². The molecule has 0 aliphatic heterocycles. The fourth-order valence-corrected chi connectivity index (χ4v) is 1.58. The Balaban J connectivity index is 2.27. The van der Waals surface area contributed by atoms with E-state index < -0.39 is 0 Å². The van der Waals surface area contributed by atoms with Crippen LogP contribution in [0.15, 0.2) is 18.3 Å². The van der Waals surface area contributed by atoms with Gasteiger partial charge in [-0.25, -0.2) is 4.98 Å². The zero-order valence-electron chi connectivity index (χ0n) is 11.6. The van der Waals surface area contributed by atoms with Gasteiger partial charge in [-0.15, -0.1) is 0 Å². The van der Waals surface area contributed by atoms with Crippen molar-refractivity contribution in [3.05, 3.63) is 23.9 Å². The first-order chi connectivity index (χ1) is 8.61. The molecular formula is C14H23N3O. The molecule has 0 fully saturated rings. The van der Waals surface area contributed by atoms with Gasteiger partial charge in [0.2, 0.25) is 5.91 Å².